The Morgan fingerprint density at radius 3 is 2.67 bits per heavy atom. The van der Waals surface area contributed by atoms with Crippen LogP contribution in [-0.2, 0) is 0 Å². The average Bonchev–Trinajstić information content (AvgIpc) is 2.79. The lowest BCUT2D eigenvalue weighted by Crippen LogP contribution is -2.07. The molecule has 18 heavy (non-hydrogen) atoms. The Bertz CT molecular complexity index is 529. The predicted octanol–water partition coefficient (Wildman–Crippen LogP) is 4.49. The molecule has 2 nitrogen and oxygen atoms in total. The van der Waals surface area contributed by atoms with Gasteiger partial charge in [0.05, 0.1) is 4.88 Å². The normalized spacial score (nSPS) is 10.9. The van der Waals surface area contributed by atoms with Gasteiger partial charge in [0.2, 0.25) is 0 Å². The topological polar surface area (TPSA) is 24.9 Å². The number of rotatable bonds is 4. The molecule has 0 saturated carbocycles. The molecular formula is C15H20N2S. The Labute approximate surface area is 113 Å². The highest BCUT2D eigenvalue weighted by molar-refractivity contribution is 7.18. The molecule has 3 heteroatoms. The third-order valence-corrected chi connectivity index (χ3v) is 3.96. The number of aryl methyl sites for hydroxylation is 2. The van der Waals surface area contributed by atoms with Gasteiger partial charge in [-0.25, -0.2) is 4.98 Å². The molecule has 0 aliphatic heterocycles. The molecule has 1 aromatic heterocycles. The van der Waals surface area contributed by atoms with Crippen LogP contribution in [0.3, 0.4) is 0 Å². The molecule has 0 bridgehead atoms. The minimum absolute atomic E-state index is 0.638. The number of nitrogens with zero attached hydrogens (tertiary/aromatic N) is 1. The van der Waals surface area contributed by atoms with Gasteiger partial charge in [0, 0.05) is 12.7 Å². The smallest absolute Gasteiger partial charge is 0.183 e. The standard InChI is InChI=1S/C15H20N2S/c1-10(2)8-16-15-17-9-14(18-15)13-6-5-11(3)12(4)7-13/h5-7,9-10H,8H2,1-4H3,(H,16,17). The van der Waals surface area contributed by atoms with Crippen LogP contribution in [0.4, 0.5) is 5.13 Å². The number of nitrogens with one attached hydrogen (secondary N) is 1. The molecule has 0 unspecified atom stereocenters. The lowest BCUT2D eigenvalue weighted by molar-refractivity contribution is 0.688. The monoisotopic (exact) mass is 260 g/mol. The summed E-state index contributed by atoms with van der Waals surface area (Å²) in [5.74, 6) is 0.638. The van der Waals surface area contributed by atoms with Crippen LogP contribution in [0.1, 0.15) is 25.0 Å². The second-order valence-electron chi connectivity index (χ2n) is 5.10. The van der Waals surface area contributed by atoms with E-state index in [2.05, 4.69) is 56.2 Å². The van der Waals surface area contributed by atoms with E-state index in [1.165, 1.54) is 21.6 Å². The zero-order valence-electron chi connectivity index (χ0n) is 11.4. The maximum absolute atomic E-state index is 4.42. The minimum atomic E-state index is 0.638. The molecule has 0 atom stereocenters. The molecule has 0 saturated heterocycles. The Kier molecular flexibility index (Phi) is 4.02. The van der Waals surface area contributed by atoms with E-state index in [9.17, 15) is 0 Å². The number of hydrogen-bond acceptors (Lipinski definition) is 3. The van der Waals surface area contributed by atoms with E-state index in [0.29, 0.717) is 5.92 Å². The van der Waals surface area contributed by atoms with Gasteiger partial charge in [-0.1, -0.05) is 43.4 Å². The van der Waals surface area contributed by atoms with Crippen LogP contribution in [0.2, 0.25) is 0 Å². The fourth-order valence-corrected chi connectivity index (χ4v) is 2.49. The van der Waals surface area contributed by atoms with Crippen molar-refractivity contribution in [1.82, 2.24) is 4.98 Å². The second-order valence-corrected chi connectivity index (χ2v) is 6.13. The van der Waals surface area contributed by atoms with Crippen LogP contribution >= 0.6 is 11.3 Å². The van der Waals surface area contributed by atoms with Crippen molar-refractivity contribution in [2.24, 2.45) is 5.92 Å². The third-order valence-electron chi connectivity index (χ3n) is 2.96. The van der Waals surface area contributed by atoms with Crippen molar-refractivity contribution < 1.29 is 0 Å². The fraction of sp³-hybridized carbons (Fsp3) is 0.400. The number of anilines is 1. The van der Waals surface area contributed by atoms with Gasteiger partial charge in [-0.15, -0.1) is 0 Å². The van der Waals surface area contributed by atoms with Crippen molar-refractivity contribution in [3.8, 4) is 10.4 Å². The molecule has 96 valence electrons. The SMILES string of the molecule is Cc1ccc(-c2cnc(NCC(C)C)s2)cc1C. The van der Waals surface area contributed by atoms with Crippen molar-refractivity contribution >= 4 is 16.5 Å². The van der Waals surface area contributed by atoms with Gasteiger partial charge in [-0.2, -0.15) is 0 Å². The van der Waals surface area contributed by atoms with Crippen LogP contribution in [0.25, 0.3) is 10.4 Å². The van der Waals surface area contributed by atoms with Gasteiger partial charge in [0.1, 0.15) is 0 Å². The van der Waals surface area contributed by atoms with Gasteiger partial charge in [-0.3, -0.25) is 0 Å². The molecule has 1 N–H and O–H groups in total. The van der Waals surface area contributed by atoms with Crippen molar-refractivity contribution in [3.05, 3.63) is 35.5 Å². The summed E-state index contributed by atoms with van der Waals surface area (Å²) < 4.78 is 0. The van der Waals surface area contributed by atoms with E-state index in [-0.39, 0.29) is 0 Å². The lowest BCUT2D eigenvalue weighted by atomic mass is 10.1. The Balaban J connectivity index is 2.16. The van der Waals surface area contributed by atoms with Crippen LogP contribution in [-0.4, -0.2) is 11.5 Å². The molecular weight excluding hydrogens is 240 g/mol. The predicted molar refractivity (Wildman–Crippen MR) is 80.4 cm³/mol. The molecule has 0 radical (unpaired) electrons. The summed E-state index contributed by atoms with van der Waals surface area (Å²) in [6, 6.07) is 6.57. The summed E-state index contributed by atoms with van der Waals surface area (Å²) in [7, 11) is 0. The van der Waals surface area contributed by atoms with Gasteiger partial charge in [0.25, 0.3) is 0 Å². The molecule has 1 aromatic carbocycles. The average molecular weight is 260 g/mol. The zero-order chi connectivity index (χ0) is 13.1. The maximum Gasteiger partial charge on any atom is 0.183 e. The van der Waals surface area contributed by atoms with Gasteiger partial charge in [0.15, 0.2) is 5.13 Å². The van der Waals surface area contributed by atoms with E-state index in [1.807, 2.05) is 6.20 Å². The highest BCUT2D eigenvalue weighted by atomic mass is 32.1. The van der Waals surface area contributed by atoms with Crippen molar-refractivity contribution in [3.63, 3.8) is 0 Å². The summed E-state index contributed by atoms with van der Waals surface area (Å²) in [5, 5.41) is 4.38. The quantitative estimate of drug-likeness (QED) is 0.875. The first-order valence-corrected chi connectivity index (χ1v) is 7.15. The first kappa shape index (κ1) is 13.1. The molecule has 0 spiro atoms. The number of aromatic nitrogens is 1. The summed E-state index contributed by atoms with van der Waals surface area (Å²) in [6.45, 7) is 9.66. The maximum atomic E-state index is 4.42. The van der Waals surface area contributed by atoms with E-state index in [0.717, 1.165) is 11.7 Å². The minimum Gasteiger partial charge on any atom is -0.361 e. The summed E-state index contributed by atoms with van der Waals surface area (Å²) in [6.07, 6.45) is 1.96. The molecule has 1 heterocycles. The highest BCUT2D eigenvalue weighted by Crippen LogP contribution is 2.30. The molecule has 0 aliphatic rings. The fourth-order valence-electron chi connectivity index (χ4n) is 1.68. The molecule has 0 amide bonds. The van der Waals surface area contributed by atoms with Crippen LogP contribution in [0.5, 0.6) is 0 Å². The van der Waals surface area contributed by atoms with E-state index in [4.69, 9.17) is 0 Å². The van der Waals surface area contributed by atoms with Gasteiger partial charge < -0.3 is 5.32 Å². The Morgan fingerprint density at radius 1 is 1.22 bits per heavy atom. The van der Waals surface area contributed by atoms with E-state index < -0.39 is 0 Å². The third kappa shape index (κ3) is 3.10. The summed E-state index contributed by atoms with van der Waals surface area (Å²) >= 11 is 1.72. The number of benzene rings is 1. The number of hydrogen-bond donors (Lipinski definition) is 1. The van der Waals surface area contributed by atoms with Crippen molar-refractivity contribution in [2.75, 3.05) is 11.9 Å². The van der Waals surface area contributed by atoms with E-state index in [1.54, 1.807) is 11.3 Å². The summed E-state index contributed by atoms with van der Waals surface area (Å²) in [5.41, 5.74) is 3.92. The Morgan fingerprint density at radius 2 is 2.00 bits per heavy atom. The summed E-state index contributed by atoms with van der Waals surface area (Å²) in [4.78, 5) is 5.65. The largest absolute Gasteiger partial charge is 0.361 e. The molecule has 0 aliphatic carbocycles. The van der Waals surface area contributed by atoms with Crippen LogP contribution < -0.4 is 5.32 Å². The Hall–Kier alpha value is -1.35. The zero-order valence-corrected chi connectivity index (χ0v) is 12.3. The highest BCUT2D eigenvalue weighted by Gasteiger charge is 2.05. The lowest BCUT2D eigenvalue weighted by Gasteiger charge is -2.04. The van der Waals surface area contributed by atoms with Gasteiger partial charge in [-0.05, 0) is 36.5 Å². The molecule has 0 fully saturated rings. The van der Waals surface area contributed by atoms with Crippen molar-refractivity contribution in [1.29, 1.82) is 0 Å². The van der Waals surface area contributed by atoms with Crippen molar-refractivity contribution in [2.45, 2.75) is 27.7 Å². The first-order chi connectivity index (χ1) is 8.56. The van der Waals surface area contributed by atoms with Gasteiger partial charge >= 0.3 is 0 Å². The molecule has 2 rings (SSSR count). The first-order valence-electron chi connectivity index (χ1n) is 6.33. The number of thiazole rings is 1. The molecule has 2 aromatic rings. The second kappa shape index (κ2) is 5.53. The van der Waals surface area contributed by atoms with Crippen LogP contribution in [0.15, 0.2) is 24.4 Å². The van der Waals surface area contributed by atoms with E-state index >= 15 is 0 Å². The van der Waals surface area contributed by atoms with Crippen LogP contribution in [0, 0.1) is 19.8 Å².